The second kappa shape index (κ2) is 14.3. The molecule has 41 heavy (non-hydrogen) atoms. The van der Waals surface area contributed by atoms with E-state index in [1.54, 1.807) is 13.0 Å². The highest BCUT2D eigenvalue weighted by Gasteiger charge is 2.25. The van der Waals surface area contributed by atoms with E-state index in [1.165, 1.54) is 43.8 Å². The Bertz CT molecular complexity index is 1410. The van der Waals surface area contributed by atoms with Gasteiger partial charge in [0.15, 0.2) is 11.6 Å². The smallest absolute Gasteiger partial charge is 0.258 e. The summed E-state index contributed by atoms with van der Waals surface area (Å²) in [4.78, 5) is 33.3. The summed E-state index contributed by atoms with van der Waals surface area (Å²) in [6, 6.07) is 7.05. The molecule has 5 rings (SSSR count). The molecule has 2 heterocycles. The number of carbonyl (C=O) groups excluding carboxylic acids is 2. The number of methoxy groups -OCH3 is 1. The lowest BCUT2D eigenvalue weighted by Gasteiger charge is -2.15. The van der Waals surface area contributed by atoms with Crippen LogP contribution < -0.4 is 15.8 Å². The lowest BCUT2D eigenvalue weighted by Crippen LogP contribution is -2.25. The van der Waals surface area contributed by atoms with Crippen molar-refractivity contribution >= 4 is 23.3 Å². The van der Waals surface area contributed by atoms with Gasteiger partial charge in [-0.3, -0.25) is 9.59 Å². The summed E-state index contributed by atoms with van der Waals surface area (Å²) in [6.07, 6.45) is 7.00. The normalized spacial score (nSPS) is 13.8. The van der Waals surface area contributed by atoms with Crippen LogP contribution in [0.15, 0.2) is 49.3 Å². The van der Waals surface area contributed by atoms with Crippen molar-refractivity contribution in [2.45, 2.75) is 38.5 Å². The van der Waals surface area contributed by atoms with Crippen LogP contribution in [0.2, 0.25) is 0 Å². The van der Waals surface area contributed by atoms with Crippen molar-refractivity contribution in [1.82, 2.24) is 14.9 Å². The van der Waals surface area contributed by atoms with E-state index in [1.807, 2.05) is 4.90 Å². The molecule has 1 aliphatic carbocycles. The van der Waals surface area contributed by atoms with Gasteiger partial charge in [0.2, 0.25) is 5.91 Å². The molecule has 11 heteroatoms. The van der Waals surface area contributed by atoms with Gasteiger partial charge in [-0.05, 0) is 80.0 Å². The number of ether oxygens (including phenoxy) is 1. The SMILES string of the molecule is C=CC(=O)N1CCCC1.CO.COc1c(N)ncnc1-c1cc(F)cc(NC(=O)c2ccc(C3CC3)cc2F)c1C. The molecule has 2 aromatic carbocycles. The first kappa shape index (κ1) is 31.2. The number of nitrogens with one attached hydrogen (secondary N) is 1. The molecule has 0 unspecified atom stereocenters. The summed E-state index contributed by atoms with van der Waals surface area (Å²) in [6.45, 7) is 6.95. The second-order valence-electron chi connectivity index (χ2n) is 9.47. The van der Waals surface area contributed by atoms with Crippen molar-refractivity contribution in [2.24, 2.45) is 0 Å². The van der Waals surface area contributed by atoms with Crippen molar-refractivity contribution in [3.63, 3.8) is 0 Å². The molecule has 1 aromatic heterocycles. The van der Waals surface area contributed by atoms with Crippen molar-refractivity contribution in [1.29, 1.82) is 0 Å². The van der Waals surface area contributed by atoms with Gasteiger partial charge in [-0.25, -0.2) is 18.7 Å². The van der Waals surface area contributed by atoms with E-state index in [-0.39, 0.29) is 34.4 Å². The summed E-state index contributed by atoms with van der Waals surface area (Å²) < 4.78 is 34.1. The number of aliphatic hydroxyl groups is 1. The lowest BCUT2D eigenvalue weighted by molar-refractivity contribution is -0.124. The van der Waals surface area contributed by atoms with Crippen LogP contribution in [0.5, 0.6) is 5.75 Å². The molecule has 1 saturated carbocycles. The summed E-state index contributed by atoms with van der Waals surface area (Å²) in [5.74, 6) is -1.11. The molecule has 2 fully saturated rings. The predicted molar refractivity (Wildman–Crippen MR) is 154 cm³/mol. The summed E-state index contributed by atoms with van der Waals surface area (Å²) >= 11 is 0. The average molecular weight is 568 g/mol. The Balaban J connectivity index is 0.000000355. The average Bonchev–Trinajstić information content (AvgIpc) is 3.68. The first-order valence-corrected chi connectivity index (χ1v) is 13.1. The minimum Gasteiger partial charge on any atom is -0.491 e. The zero-order valence-electron chi connectivity index (χ0n) is 23.4. The van der Waals surface area contributed by atoms with E-state index in [2.05, 4.69) is 21.9 Å². The Kier molecular flexibility index (Phi) is 10.9. The predicted octanol–water partition coefficient (Wildman–Crippen LogP) is 4.85. The minimum absolute atomic E-state index is 0.0764. The van der Waals surface area contributed by atoms with Gasteiger partial charge in [0.1, 0.15) is 23.7 Å². The Labute approximate surface area is 238 Å². The number of nitrogens with two attached hydrogens (primary N) is 1. The first-order chi connectivity index (χ1) is 19.7. The van der Waals surface area contributed by atoms with Gasteiger partial charge in [0.25, 0.3) is 5.91 Å². The second-order valence-corrected chi connectivity index (χ2v) is 9.47. The number of benzene rings is 2. The van der Waals surface area contributed by atoms with Crippen LogP contribution in [-0.2, 0) is 4.79 Å². The third-order valence-electron chi connectivity index (χ3n) is 6.79. The van der Waals surface area contributed by atoms with Gasteiger partial charge >= 0.3 is 0 Å². The topological polar surface area (TPSA) is 131 Å². The van der Waals surface area contributed by atoms with E-state index >= 15 is 0 Å². The quantitative estimate of drug-likeness (QED) is 0.363. The fourth-order valence-electron chi connectivity index (χ4n) is 4.48. The monoisotopic (exact) mass is 567 g/mol. The van der Waals surface area contributed by atoms with E-state index in [0.717, 1.165) is 51.4 Å². The molecule has 1 aliphatic heterocycles. The molecule has 0 atom stereocenters. The summed E-state index contributed by atoms with van der Waals surface area (Å²) in [7, 11) is 2.41. The Morgan fingerprint density at radius 2 is 1.83 bits per heavy atom. The fourth-order valence-corrected chi connectivity index (χ4v) is 4.48. The van der Waals surface area contributed by atoms with Crippen LogP contribution in [0.1, 0.15) is 53.1 Å². The highest BCUT2D eigenvalue weighted by atomic mass is 19.1. The van der Waals surface area contributed by atoms with Crippen molar-refractivity contribution in [3.8, 4) is 17.0 Å². The maximum atomic E-state index is 14.5. The minimum atomic E-state index is -0.663. The van der Waals surface area contributed by atoms with Gasteiger partial charge in [-0.15, -0.1) is 0 Å². The Hall–Kier alpha value is -4.38. The van der Waals surface area contributed by atoms with Gasteiger partial charge < -0.3 is 25.8 Å². The van der Waals surface area contributed by atoms with Crippen LogP contribution in [0.4, 0.5) is 20.3 Å². The molecule has 4 N–H and O–H groups in total. The zero-order chi connectivity index (χ0) is 30.1. The van der Waals surface area contributed by atoms with Gasteiger partial charge in [0.05, 0.1) is 12.7 Å². The molecule has 0 bridgehead atoms. The highest BCUT2D eigenvalue weighted by Crippen LogP contribution is 2.40. The number of rotatable bonds is 6. The lowest BCUT2D eigenvalue weighted by atomic mass is 10.0. The van der Waals surface area contributed by atoms with Crippen LogP contribution in [0.3, 0.4) is 0 Å². The van der Waals surface area contributed by atoms with E-state index < -0.39 is 17.5 Å². The number of carbonyl (C=O) groups is 2. The largest absolute Gasteiger partial charge is 0.491 e. The van der Waals surface area contributed by atoms with Crippen molar-refractivity contribution in [2.75, 3.05) is 38.4 Å². The number of nitrogens with zero attached hydrogens (tertiary/aromatic N) is 3. The molecule has 9 nitrogen and oxygen atoms in total. The Morgan fingerprint density at radius 1 is 1.15 bits per heavy atom. The summed E-state index contributed by atoms with van der Waals surface area (Å²) in [5.41, 5.74) is 8.00. The molecule has 2 amide bonds. The zero-order valence-corrected chi connectivity index (χ0v) is 23.4. The number of hydrogen-bond acceptors (Lipinski definition) is 7. The maximum Gasteiger partial charge on any atom is 0.258 e. The van der Waals surface area contributed by atoms with Crippen LogP contribution in [0, 0.1) is 18.6 Å². The third kappa shape index (κ3) is 7.63. The molecule has 218 valence electrons. The first-order valence-electron chi connectivity index (χ1n) is 13.1. The molecule has 1 saturated heterocycles. The number of aromatic nitrogens is 2. The third-order valence-corrected chi connectivity index (χ3v) is 6.79. The number of aliphatic hydroxyl groups excluding tert-OH is 1. The maximum absolute atomic E-state index is 14.5. The number of hydrogen-bond donors (Lipinski definition) is 3. The van der Waals surface area contributed by atoms with E-state index in [4.69, 9.17) is 15.6 Å². The van der Waals surface area contributed by atoms with Gasteiger partial charge in [-0.2, -0.15) is 0 Å². The number of halogens is 2. The van der Waals surface area contributed by atoms with Crippen molar-refractivity contribution < 1.29 is 28.2 Å². The number of amides is 2. The number of likely N-dealkylation sites (tertiary alicyclic amines) is 1. The molecular formula is C30H35F2N5O4. The molecule has 3 aromatic rings. The fraction of sp³-hybridized carbons (Fsp3) is 0.333. The van der Waals surface area contributed by atoms with E-state index in [9.17, 15) is 18.4 Å². The molecule has 2 aliphatic rings. The molecule has 0 spiro atoms. The van der Waals surface area contributed by atoms with Gasteiger partial charge in [0, 0.05) is 31.5 Å². The number of anilines is 2. The highest BCUT2D eigenvalue weighted by molar-refractivity contribution is 6.05. The Morgan fingerprint density at radius 3 is 2.41 bits per heavy atom. The standard InChI is InChI=1S/C22H20F2N4O2.C7H11NO.CH4O/c1-11-16(19-20(30-2)21(25)27-10-26-19)8-14(23)9-18(11)28-22(29)15-6-5-13(7-17(15)24)12-3-4-12;1-2-7(9)8-5-3-4-6-8;1-2/h5-10,12H,3-4H2,1-2H3,(H,28,29)(H2,25,26,27);2H,1,3-6H2;2H,1H3. The van der Waals surface area contributed by atoms with Crippen LogP contribution in [0.25, 0.3) is 11.3 Å². The number of nitrogen functional groups attached to an aromatic ring is 1. The van der Waals surface area contributed by atoms with Crippen LogP contribution >= 0.6 is 0 Å². The molecular weight excluding hydrogens is 532 g/mol. The summed E-state index contributed by atoms with van der Waals surface area (Å²) in [5, 5.41) is 9.60. The molecule has 0 radical (unpaired) electrons. The van der Waals surface area contributed by atoms with E-state index in [0.29, 0.717) is 17.0 Å². The van der Waals surface area contributed by atoms with Gasteiger partial charge in [-0.1, -0.05) is 12.6 Å². The van der Waals surface area contributed by atoms with Crippen LogP contribution in [-0.4, -0.2) is 59.1 Å². The van der Waals surface area contributed by atoms with Crippen molar-refractivity contribution in [3.05, 3.63) is 77.6 Å².